The van der Waals surface area contributed by atoms with Crippen molar-refractivity contribution in [2.24, 2.45) is 7.05 Å². The van der Waals surface area contributed by atoms with E-state index in [1.165, 1.54) is 24.6 Å². The van der Waals surface area contributed by atoms with Crippen molar-refractivity contribution < 1.29 is 9.53 Å². The third-order valence-corrected chi connectivity index (χ3v) is 6.25. The molecule has 0 spiro atoms. The van der Waals surface area contributed by atoms with Crippen LogP contribution in [0.15, 0.2) is 35.5 Å². The van der Waals surface area contributed by atoms with Crippen molar-refractivity contribution in [3.05, 3.63) is 30.3 Å². The van der Waals surface area contributed by atoms with Gasteiger partial charge in [0.05, 0.1) is 24.5 Å². The molecular weight excluding hydrogens is 348 g/mol. The molecule has 2 aromatic rings. The van der Waals surface area contributed by atoms with Crippen LogP contribution >= 0.6 is 11.8 Å². The molecule has 2 atom stereocenters. The van der Waals surface area contributed by atoms with E-state index in [-0.39, 0.29) is 18.1 Å². The lowest BCUT2D eigenvalue weighted by atomic mass is 9.90. The summed E-state index contributed by atoms with van der Waals surface area (Å²) in [7, 11) is 1.95. The normalized spacial score (nSPS) is 22.9. The van der Waals surface area contributed by atoms with Crippen molar-refractivity contribution in [3.63, 3.8) is 0 Å². The lowest BCUT2D eigenvalue weighted by molar-refractivity contribution is -0.146. The van der Waals surface area contributed by atoms with Crippen molar-refractivity contribution >= 4 is 17.7 Å². The molecule has 0 N–H and O–H groups in total. The van der Waals surface area contributed by atoms with Gasteiger partial charge in [-0.25, -0.2) is 0 Å². The van der Waals surface area contributed by atoms with Crippen molar-refractivity contribution in [1.29, 1.82) is 0 Å². The average Bonchev–Trinajstić information content (AvgIpc) is 3.07. The fourth-order valence-electron chi connectivity index (χ4n) is 3.89. The predicted octanol–water partition coefficient (Wildman–Crippen LogP) is 2.74. The van der Waals surface area contributed by atoms with E-state index in [4.69, 9.17) is 4.74 Å². The fourth-order valence-corrected chi connectivity index (χ4v) is 4.69. The number of hydrogen-bond acceptors (Lipinski definition) is 5. The second-order valence-electron chi connectivity index (χ2n) is 6.87. The van der Waals surface area contributed by atoms with Gasteiger partial charge in [-0.05, 0) is 12.8 Å². The molecule has 6 nitrogen and oxygen atoms in total. The van der Waals surface area contributed by atoms with E-state index in [2.05, 4.69) is 10.2 Å². The Labute approximate surface area is 157 Å². The van der Waals surface area contributed by atoms with Crippen molar-refractivity contribution in [3.8, 4) is 11.4 Å². The Hall–Kier alpha value is -1.86. The molecule has 1 aromatic heterocycles. The second-order valence-corrected chi connectivity index (χ2v) is 7.81. The van der Waals surface area contributed by atoms with E-state index in [9.17, 15) is 4.79 Å². The Morgan fingerprint density at radius 2 is 2.04 bits per heavy atom. The lowest BCUT2D eigenvalue weighted by Gasteiger charge is -2.43. The van der Waals surface area contributed by atoms with Gasteiger partial charge in [0.1, 0.15) is 0 Å². The number of amides is 1. The topological polar surface area (TPSA) is 60.2 Å². The van der Waals surface area contributed by atoms with Crippen LogP contribution in [-0.2, 0) is 16.6 Å². The van der Waals surface area contributed by atoms with Crippen LogP contribution < -0.4 is 0 Å². The molecule has 26 heavy (non-hydrogen) atoms. The van der Waals surface area contributed by atoms with E-state index < -0.39 is 0 Å². The van der Waals surface area contributed by atoms with Crippen LogP contribution in [0.3, 0.4) is 0 Å². The average molecular weight is 372 g/mol. The van der Waals surface area contributed by atoms with Crippen LogP contribution in [0, 0.1) is 0 Å². The molecule has 2 aliphatic rings. The lowest BCUT2D eigenvalue weighted by Crippen LogP contribution is -2.55. The zero-order valence-corrected chi connectivity index (χ0v) is 15.8. The van der Waals surface area contributed by atoms with Crippen LogP contribution in [0.5, 0.6) is 0 Å². The summed E-state index contributed by atoms with van der Waals surface area (Å²) >= 11 is 1.46. The number of fused-ring (bicyclic) bond motifs is 1. The molecule has 1 aromatic carbocycles. The van der Waals surface area contributed by atoms with Gasteiger partial charge >= 0.3 is 0 Å². The smallest absolute Gasteiger partial charge is 0.233 e. The second kappa shape index (κ2) is 7.80. The molecule has 1 aliphatic heterocycles. The summed E-state index contributed by atoms with van der Waals surface area (Å²) in [6, 6.07) is 10.2. The predicted molar refractivity (Wildman–Crippen MR) is 101 cm³/mol. The minimum atomic E-state index is 0.180. The largest absolute Gasteiger partial charge is 0.374 e. The van der Waals surface area contributed by atoms with Crippen molar-refractivity contribution in [2.45, 2.75) is 43.0 Å². The van der Waals surface area contributed by atoms with Gasteiger partial charge in [0.15, 0.2) is 11.0 Å². The minimum absolute atomic E-state index is 0.180. The maximum Gasteiger partial charge on any atom is 0.233 e. The summed E-state index contributed by atoms with van der Waals surface area (Å²) in [6.45, 7) is 1.36. The highest BCUT2D eigenvalue weighted by Gasteiger charge is 2.36. The number of aromatic nitrogens is 3. The highest BCUT2D eigenvalue weighted by molar-refractivity contribution is 7.99. The Morgan fingerprint density at radius 1 is 1.23 bits per heavy atom. The van der Waals surface area contributed by atoms with Gasteiger partial charge in [-0.3, -0.25) is 4.79 Å². The first kappa shape index (κ1) is 17.5. The third-order valence-electron chi connectivity index (χ3n) is 5.24. The first-order valence-electron chi connectivity index (χ1n) is 9.23. The number of hydrogen-bond donors (Lipinski definition) is 0. The molecule has 1 saturated heterocycles. The minimum Gasteiger partial charge on any atom is -0.374 e. The number of carbonyl (C=O) groups excluding carboxylic acids is 1. The van der Waals surface area contributed by atoms with Gasteiger partial charge in [0.25, 0.3) is 0 Å². The SMILES string of the molecule is Cn1c(SCC(=O)N2CCO[C@H]3CCCC[C@H]32)nnc1-c1ccccc1. The first-order valence-corrected chi connectivity index (χ1v) is 10.2. The van der Waals surface area contributed by atoms with Gasteiger partial charge < -0.3 is 14.2 Å². The van der Waals surface area contributed by atoms with Crippen LogP contribution in [0.4, 0.5) is 0 Å². The number of ether oxygens (including phenoxy) is 1. The van der Waals surface area contributed by atoms with Gasteiger partial charge in [-0.1, -0.05) is 54.9 Å². The summed E-state index contributed by atoms with van der Waals surface area (Å²) in [6.07, 6.45) is 4.75. The van der Waals surface area contributed by atoms with Gasteiger partial charge in [0, 0.05) is 19.2 Å². The van der Waals surface area contributed by atoms with Crippen LogP contribution in [0.2, 0.25) is 0 Å². The molecule has 138 valence electrons. The molecule has 1 saturated carbocycles. The first-order chi connectivity index (χ1) is 12.7. The molecule has 1 amide bonds. The molecule has 1 aliphatic carbocycles. The number of morpholine rings is 1. The van der Waals surface area contributed by atoms with Crippen molar-refractivity contribution in [1.82, 2.24) is 19.7 Å². The summed E-state index contributed by atoms with van der Waals surface area (Å²) in [5.41, 5.74) is 1.03. The Bertz CT molecular complexity index is 762. The summed E-state index contributed by atoms with van der Waals surface area (Å²) in [5, 5.41) is 9.33. The van der Waals surface area contributed by atoms with Crippen molar-refractivity contribution in [2.75, 3.05) is 18.9 Å². The Kier molecular flexibility index (Phi) is 5.26. The maximum atomic E-state index is 12.8. The third kappa shape index (κ3) is 3.50. The number of nitrogens with zero attached hydrogens (tertiary/aromatic N) is 4. The van der Waals surface area contributed by atoms with Crippen LogP contribution in [-0.4, -0.2) is 56.6 Å². The Balaban J connectivity index is 1.41. The van der Waals surface area contributed by atoms with E-state index in [0.29, 0.717) is 18.9 Å². The molecule has 7 heteroatoms. The highest BCUT2D eigenvalue weighted by atomic mass is 32.2. The molecule has 0 radical (unpaired) electrons. The molecule has 2 fully saturated rings. The fraction of sp³-hybridized carbons (Fsp3) is 0.526. The quantitative estimate of drug-likeness (QED) is 0.773. The van der Waals surface area contributed by atoms with E-state index in [1.807, 2.05) is 46.8 Å². The zero-order chi connectivity index (χ0) is 17.9. The monoisotopic (exact) mass is 372 g/mol. The maximum absolute atomic E-state index is 12.8. The number of carbonyl (C=O) groups is 1. The van der Waals surface area contributed by atoms with Gasteiger partial charge in [-0.2, -0.15) is 0 Å². The van der Waals surface area contributed by atoms with Gasteiger partial charge in [-0.15, -0.1) is 10.2 Å². The molecule has 0 unspecified atom stereocenters. The number of rotatable bonds is 4. The molecular formula is C19H24N4O2S. The van der Waals surface area contributed by atoms with Crippen LogP contribution in [0.1, 0.15) is 25.7 Å². The highest BCUT2D eigenvalue weighted by Crippen LogP contribution is 2.29. The zero-order valence-electron chi connectivity index (χ0n) is 15.0. The van der Waals surface area contributed by atoms with Gasteiger partial charge in [0.2, 0.25) is 5.91 Å². The van der Waals surface area contributed by atoms with E-state index in [0.717, 1.165) is 29.4 Å². The Morgan fingerprint density at radius 3 is 2.88 bits per heavy atom. The molecule has 2 heterocycles. The van der Waals surface area contributed by atoms with E-state index in [1.54, 1.807) is 0 Å². The summed E-state index contributed by atoms with van der Waals surface area (Å²) in [5.74, 6) is 1.39. The molecule has 0 bridgehead atoms. The number of thioether (sulfide) groups is 1. The van der Waals surface area contributed by atoms with Crippen LogP contribution in [0.25, 0.3) is 11.4 Å². The molecule has 4 rings (SSSR count). The summed E-state index contributed by atoms with van der Waals surface area (Å²) < 4.78 is 7.82. The standard InChI is InChI=1S/C19H24N4O2S/c1-22-18(14-7-3-2-4-8-14)20-21-19(22)26-13-17(24)23-11-12-25-16-10-6-5-9-15(16)23/h2-4,7-8,15-16H,5-6,9-13H2,1H3/t15-,16+/m1/s1. The summed E-state index contributed by atoms with van der Waals surface area (Å²) in [4.78, 5) is 14.8. The number of benzene rings is 1. The van der Waals surface area contributed by atoms with E-state index >= 15 is 0 Å².